The zero-order valence-electron chi connectivity index (χ0n) is 21.2. The summed E-state index contributed by atoms with van der Waals surface area (Å²) in [6, 6.07) is 16.1. The maximum absolute atomic E-state index is 14.9. The summed E-state index contributed by atoms with van der Waals surface area (Å²) in [7, 11) is -1.20. The molecule has 4 rings (SSSR count). The summed E-state index contributed by atoms with van der Waals surface area (Å²) in [6.07, 6.45) is 9.47. The standard InChI is InChI=1S/C29H39ClF3Si2/c1-3-4-15-35(2)16-10-21(11-17-35)7-12-34-13-8-22(9-14-34)23-5-6-25(26(31)18-23)24-19-27(32)29(30)28(33)20-24/h5-6,18-22H,3-4,7-17H2,1-2H3. The van der Waals surface area contributed by atoms with E-state index in [-0.39, 0.29) is 19.9 Å². The van der Waals surface area contributed by atoms with Gasteiger partial charge >= 0.3 is 0 Å². The Kier molecular flexibility index (Phi) is 9.26. The van der Waals surface area contributed by atoms with Gasteiger partial charge in [-0.25, -0.2) is 13.2 Å². The van der Waals surface area contributed by atoms with Crippen molar-refractivity contribution in [2.75, 3.05) is 0 Å². The lowest BCUT2D eigenvalue weighted by Crippen LogP contribution is -2.35. The first-order valence-corrected chi connectivity index (χ1v) is 19.2. The summed E-state index contributed by atoms with van der Waals surface area (Å²) < 4.78 is 42.6. The van der Waals surface area contributed by atoms with Crippen molar-refractivity contribution in [1.29, 1.82) is 0 Å². The van der Waals surface area contributed by atoms with E-state index in [2.05, 4.69) is 13.5 Å². The quantitative estimate of drug-likeness (QED) is 0.233. The van der Waals surface area contributed by atoms with E-state index in [0.717, 1.165) is 36.5 Å². The molecule has 1 radical (unpaired) electrons. The molecule has 2 fully saturated rings. The maximum atomic E-state index is 14.9. The van der Waals surface area contributed by atoms with Crippen LogP contribution in [-0.4, -0.2) is 16.9 Å². The van der Waals surface area contributed by atoms with Crippen LogP contribution in [0.4, 0.5) is 13.2 Å². The third-order valence-electron chi connectivity index (χ3n) is 8.80. The molecule has 35 heavy (non-hydrogen) atoms. The largest absolute Gasteiger partial charge is 0.206 e. The number of unbranched alkanes of at least 4 members (excludes halogenated alkanes) is 1. The van der Waals surface area contributed by atoms with E-state index in [0.29, 0.717) is 5.92 Å². The molecule has 0 atom stereocenters. The summed E-state index contributed by atoms with van der Waals surface area (Å²) >= 11 is 5.57. The van der Waals surface area contributed by atoms with Crippen molar-refractivity contribution in [1.82, 2.24) is 0 Å². The number of benzene rings is 2. The topological polar surface area (TPSA) is 0 Å². The first-order valence-electron chi connectivity index (χ1n) is 13.6. The van der Waals surface area contributed by atoms with E-state index in [1.807, 2.05) is 6.07 Å². The molecule has 6 heteroatoms. The van der Waals surface area contributed by atoms with Gasteiger partial charge in [-0.2, -0.15) is 0 Å². The van der Waals surface area contributed by atoms with Crippen LogP contribution in [0.15, 0.2) is 30.3 Å². The number of hydrogen-bond acceptors (Lipinski definition) is 0. The van der Waals surface area contributed by atoms with Crippen molar-refractivity contribution in [3.05, 3.63) is 58.4 Å². The van der Waals surface area contributed by atoms with Gasteiger partial charge in [-0.1, -0.05) is 106 Å². The van der Waals surface area contributed by atoms with E-state index in [4.69, 9.17) is 11.6 Å². The van der Waals surface area contributed by atoms with Gasteiger partial charge in [0.1, 0.15) is 22.5 Å². The van der Waals surface area contributed by atoms with E-state index in [1.165, 1.54) is 50.2 Å². The minimum Gasteiger partial charge on any atom is -0.206 e. The normalized spacial score (nSPS) is 24.1. The highest BCUT2D eigenvalue weighted by molar-refractivity contribution is 6.78. The highest BCUT2D eigenvalue weighted by Crippen LogP contribution is 2.41. The van der Waals surface area contributed by atoms with Gasteiger partial charge in [0.25, 0.3) is 0 Å². The fourth-order valence-electron chi connectivity index (χ4n) is 6.26. The molecule has 0 bridgehead atoms. The minimum atomic E-state index is -0.919. The van der Waals surface area contributed by atoms with Crippen molar-refractivity contribution < 1.29 is 13.2 Å². The number of hydrogen-bond donors (Lipinski definition) is 0. The van der Waals surface area contributed by atoms with E-state index in [1.54, 1.807) is 30.3 Å². The second-order valence-electron chi connectivity index (χ2n) is 11.4. The van der Waals surface area contributed by atoms with Gasteiger partial charge in [-0.15, -0.1) is 0 Å². The van der Waals surface area contributed by atoms with Crippen molar-refractivity contribution in [3.63, 3.8) is 0 Å². The predicted octanol–water partition coefficient (Wildman–Crippen LogP) is 10.5. The van der Waals surface area contributed by atoms with Crippen LogP contribution in [0.1, 0.15) is 63.4 Å². The van der Waals surface area contributed by atoms with Crippen molar-refractivity contribution in [2.45, 2.75) is 101 Å². The van der Waals surface area contributed by atoms with Crippen molar-refractivity contribution >= 4 is 28.5 Å². The Morgan fingerprint density at radius 2 is 1.60 bits per heavy atom. The van der Waals surface area contributed by atoms with Crippen LogP contribution in [0, 0.1) is 23.4 Å². The zero-order chi connectivity index (χ0) is 25.0. The van der Waals surface area contributed by atoms with E-state index in [9.17, 15) is 13.2 Å². The molecule has 2 heterocycles. The Bertz CT molecular complexity index is 972. The summed E-state index contributed by atoms with van der Waals surface area (Å²) in [5.41, 5.74) is 1.41. The Morgan fingerprint density at radius 3 is 2.20 bits per heavy atom. The molecule has 2 aliphatic heterocycles. The summed E-state index contributed by atoms with van der Waals surface area (Å²) in [4.78, 5) is 0. The Hall–Kier alpha value is -1.05. The average molecular weight is 536 g/mol. The SMILES string of the molecule is CCCC[Si]1(C)CCC(CC[Si]2CCC(c3ccc(-c4cc(F)c(Cl)c(F)c4)c(F)c3)CC2)CC1. The second kappa shape index (κ2) is 12.0. The molecule has 0 nitrogen and oxygen atoms in total. The van der Waals surface area contributed by atoms with Crippen LogP contribution in [0.2, 0.25) is 47.8 Å². The third kappa shape index (κ3) is 6.84. The van der Waals surface area contributed by atoms with Gasteiger partial charge in [0, 0.05) is 14.4 Å². The molecule has 0 saturated carbocycles. The molecular weight excluding hydrogens is 497 g/mol. The van der Waals surface area contributed by atoms with E-state index >= 15 is 0 Å². The maximum Gasteiger partial charge on any atom is 0.145 e. The Labute approximate surface area is 217 Å². The molecule has 0 N–H and O–H groups in total. The lowest BCUT2D eigenvalue weighted by atomic mass is 9.91. The molecule has 0 amide bonds. The molecule has 2 aliphatic rings. The first kappa shape index (κ1) is 27.0. The van der Waals surface area contributed by atoms with Crippen molar-refractivity contribution in [2.24, 2.45) is 5.92 Å². The highest BCUT2D eigenvalue weighted by Gasteiger charge is 2.33. The molecule has 0 spiro atoms. The van der Waals surface area contributed by atoms with Gasteiger partial charge in [-0.3, -0.25) is 0 Å². The van der Waals surface area contributed by atoms with Crippen LogP contribution in [-0.2, 0) is 0 Å². The average Bonchev–Trinajstić information content (AvgIpc) is 2.86. The minimum absolute atomic E-state index is 0.179. The van der Waals surface area contributed by atoms with Crippen LogP contribution in [0.5, 0.6) is 0 Å². The number of halogens is 4. The number of rotatable bonds is 8. The van der Waals surface area contributed by atoms with Gasteiger partial charge in [0.15, 0.2) is 0 Å². The second-order valence-corrected chi connectivity index (χ2v) is 19.9. The highest BCUT2D eigenvalue weighted by atomic mass is 35.5. The van der Waals surface area contributed by atoms with Crippen LogP contribution in [0.3, 0.4) is 0 Å². The van der Waals surface area contributed by atoms with Crippen molar-refractivity contribution in [3.8, 4) is 11.1 Å². The van der Waals surface area contributed by atoms with Gasteiger partial charge in [-0.05, 0) is 54.0 Å². The van der Waals surface area contributed by atoms with Gasteiger partial charge < -0.3 is 0 Å². The third-order valence-corrected chi connectivity index (χ3v) is 16.7. The summed E-state index contributed by atoms with van der Waals surface area (Å²) in [5.74, 6) is -0.796. The molecular formula is C29H39ClF3Si2. The van der Waals surface area contributed by atoms with Crippen LogP contribution in [0.25, 0.3) is 11.1 Å². The van der Waals surface area contributed by atoms with E-state index < -0.39 is 30.5 Å². The fourth-order valence-corrected chi connectivity index (χ4v) is 13.6. The molecule has 0 aliphatic carbocycles. The van der Waals surface area contributed by atoms with Crippen LogP contribution >= 0.6 is 11.6 Å². The smallest absolute Gasteiger partial charge is 0.145 e. The Balaban J connectivity index is 1.26. The molecule has 2 aromatic rings. The van der Waals surface area contributed by atoms with Gasteiger partial charge in [0.2, 0.25) is 0 Å². The van der Waals surface area contributed by atoms with Gasteiger partial charge in [0.05, 0.1) is 8.07 Å². The zero-order valence-corrected chi connectivity index (χ0v) is 24.0. The predicted molar refractivity (Wildman–Crippen MR) is 147 cm³/mol. The summed E-state index contributed by atoms with van der Waals surface area (Å²) in [5, 5.41) is -0.554. The first-order chi connectivity index (χ1) is 16.8. The molecule has 0 aromatic heterocycles. The van der Waals surface area contributed by atoms with Crippen LogP contribution < -0.4 is 0 Å². The monoisotopic (exact) mass is 535 g/mol. The Morgan fingerprint density at radius 1 is 0.943 bits per heavy atom. The molecule has 2 aromatic carbocycles. The lowest BCUT2D eigenvalue weighted by molar-refractivity contribution is 0.448. The molecule has 0 unspecified atom stereocenters. The molecule has 2 saturated heterocycles. The molecule has 191 valence electrons. The summed E-state index contributed by atoms with van der Waals surface area (Å²) in [6.45, 7) is 4.97. The lowest BCUT2D eigenvalue weighted by Gasteiger charge is -2.36. The fraction of sp³-hybridized carbons (Fsp3) is 0.586.